The molecule has 118 valence electrons. The van der Waals surface area contributed by atoms with Crippen LogP contribution in [-0.2, 0) is 6.54 Å². The lowest BCUT2D eigenvalue weighted by Crippen LogP contribution is -2.26. The van der Waals surface area contributed by atoms with Gasteiger partial charge in [-0.25, -0.2) is 0 Å². The van der Waals surface area contributed by atoms with Crippen molar-refractivity contribution in [3.63, 3.8) is 0 Å². The highest BCUT2D eigenvalue weighted by atomic mass is 35.5. The fraction of sp³-hybridized carbons (Fsp3) is 0.222. The predicted octanol–water partition coefficient (Wildman–Crippen LogP) is 3.16. The summed E-state index contributed by atoms with van der Waals surface area (Å²) in [5, 5.41) is 6.43. The Kier molecular flexibility index (Phi) is 4.63. The van der Waals surface area contributed by atoms with Crippen molar-refractivity contribution in [3.8, 4) is 0 Å². The first-order valence-electron chi connectivity index (χ1n) is 7.55. The molecule has 2 amide bonds. The number of amides is 2. The summed E-state index contributed by atoms with van der Waals surface area (Å²) in [5.74, 6) is -0.255. The first-order valence-corrected chi connectivity index (χ1v) is 7.93. The maximum atomic E-state index is 12.1. The first-order chi connectivity index (χ1) is 11.1. The summed E-state index contributed by atoms with van der Waals surface area (Å²) in [5.41, 5.74) is 2.08. The van der Waals surface area contributed by atoms with Gasteiger partial charge in [-0.2, -0.15) is 0 Å². The van der Waals surface area contributed by atoms with Crippen LogP contribution in [0.25, 0.3) is 0 Å². The van der Waals surface area contributed by atoms with E-state index in [-0.39, 0.29) is 11.8 Å². The van der Waals surface area contributed by atoms with Crippen LogP contribution in [0.1, 0.15) is 39.1 Å². The Balaban J connectivity index is 1.56. The zero-order valence-corrected chi connectivity index (χ0v) is 13.3. The topological polar surface area (TPSA) is 58.2 Å². The van der Waals surface area contributed by atoms with Crippen LogP contribution >= 0.6 is 11.6 Å². The molecule has 0 saturated heterocycles. The number of carbonyl (C=O) groups excluding carboxylic acids is 2. The molecule has 0 unspecified atom stereocenters. The molecule has 0 aliphatic heterocycles. The Morgan fingerprint density at radius 3 is 2.04 bits per heavy atom. The highest BCUT2D eigenvalue weighted by Crippen LogP contribution is 2.19. The molecule has 0 heterocycles. The predicted molar refractivity (Wildman–Crippen MR) is 89.6 cm³/mol. The number of halogens is 1. The van der Waals surface area contributed by atoms with Crippen molar-refractivity contribution in [2.45, 2.75) is 25.4 Å². The van der Waals surface area contributed by atoms with Gasteiger partial charge >= 0.3 is 0 Å². The van der Waals surface area contributed by atoms with Gasteiger partial charge in [0.25, 0.3) is 11.8 Å². The maximum Gasteiger partial charge on any atom is 0.251 e. The maximum absolute atomic E-state index is 12.1. The Hall–Kier alpha value is -2.33. The molecular weight excluding hydrogens is 312 g/mol. The summed E-state index contributed by atoms with van der Waals surface area (Å²) < 4.78 is 0. The molecule has 0 spiro atoms. The van der Waals surface area contributed by atoms with Gasteiger partial charge in [0.1, 0.15) is 0 Å². The number of benzene rings is 2. The monoisotopic (exact) mass is 328 g/mol. The van der Waals surface area contributed by atoms with Gasteiger partial charge in [0.2, 0.25) is 0 Å². The normalized spacial score (nSPS) is 13.4. The van der Waals surface area contributed by atoms with E-state index >= 15 is 0 Å². The number of hydrogen-bond donors (Lipinski definition) is 2. The minimum Gasteiger partial charge on any atom is -0.349 e. The van der Waals surface area contributed by atoms with Gasteiger partial charge in [0.15, 0.2) is 0 Å². The van der Waals surface area contributed by atoms with Crippen molar-refractivity contribution in [2.75, 3.05) is 0 Å². The van der Waals surface area contributed by atoms with Crippen LogP contribution in [0.3, 0.4) is 0 Å². The second kappa shape index (κ2) is 6.84. The number of nitrogens with one attached hydrogen (secondary N) is 2. The summed E-state index contributed by atoms with van der Waals surface area (Å²) in [6, 6.07) is 14.3. The molecule has 0 bridgehead atoms. The van der Waals surface area contributed by atoms with Crippen LogP contribution in [0.5, 0.6) is 0 Å². The second-order valence-corrected chi connectivity index (χ2v) is 6.07. The third-order valence-electron chi connectivity index (χ3n) is 3.69. The van der Waals surface area contributed by atoms with Crippen LogP contribution in [0.15, 0.2) is 48.5 Å². The number of carbonyl (C=O) groups is 2. The molecule has 3 rings (SSSR count). The minimum absolute atomic E-state index is 0.0828. The third kappa shape index (κ3) is 4.33. The van der Waals surface area contributed by atoms with E-state index in [1.807, 2.05) is 12.1 Å². The molecule has 5 heteroatoms. The summed E-state index contributed by atoms with van der Waals surface area (Å²) in [7, 11) is 0. The van der Waals surface area contributed by atoms with Crippen molar-refractivity contribution in [1.82, 2.24) is 10.6 Å². The summed E-state index contributed by atoms with van der Waals surface area (Å²) in [4.78, 5) is 24.0. The zero-order valence-electron chi connectivity index (χ0n) is 12.5. The van der Waals surface area contributed by atoms with Gasteiger partial charge in [-0.05, 0) is 54.8 Å². The standard InChI is InChI=1S/C18H17ClN2O2/c19-15-7-1-12(2-8-15)11-20-17(22)13-3-5-14(6-4-13)18(23)21-16-9-10-16/h1-8,16H,9-11H2,(H,20,22)(H,21,23). The smallest absolute Gasteiger partial charge is 0.251 e. The average molecular weight is 329 g/mol. The van der Waals surface area contributed by atoms with Crippen LogP contribution < -0.4 is 10.6 Å². The molecule has 0 radical (unpaired) electrons. The Bertz CT molecular complexity index is 707. The van der Waals surface area contributed by atoms with Gasteiger partial charge in [0.05, 0.1) is 0 Å². The van der Waals surface area contributed by atoms with Gasteiger partial charge in [0, 0.05) is 28.7 Å². The molecule has 2 aromatic carbocycles. The average Bonchev–Trinajstić information content (AvgIpc) is 3.38. The second-order valence-electron chi connectivity index (χ2n) is 5.63. The lowest BCUT2D eigenvalue weighted by atomic mass is 10.1. The van der Waals surface area contributed by atoms with E-state index in [2.05, 4.69) is 10.6 Å². The van der Waals surface area contributed by atoms with Crippen LogP contribution in [-0.4, -0.2) is 17.9 Å². The molecule has 2 N–H and O–H groups in total. The molecule has 1 aliphatic carbocycles. The molecule has 0 aromatic heterocycles. The molecule has 2 aromatic rings. The van der Waals surface area contributed by atoms with E-state index in [1.54, 1.807) is 36.4 Å². The van der Waals surface area contributed by atoms with Crippen molar-refractivity contribution in [3.05, 3.63) is 70.2 Å². The molecular formula is C18H17ClN2O2. The molecule has 23 heavy (non-hydrogen) atoms. The van der Waals surface area contributed by atoms with E-state index in [0.29, 0.717) is 28.7 Å². The van der Waals surface area contributed by atoms with E-state index in [4.69, 9.17) is 11.6 Å². The van der Waals surface area contributed by atoms with Gasteiger partial charge in [-0.15, -0.1) is 0 Å². The van der Waals surface area contributed by atoms with E-state index in [9.17, 15) is 9.59 Å². The number of rotatable bonds is 5. The highest BCUT2D eigenvalue weighted by molar-refractivity contribution is 6.30. The molecule has 1 aliphatic rings. The van der Waals surface area contributed by atoms with Gasteiger partial charge < -0.3 is 10.6 Å². The lowest BCUT2D eigenvalue weighted by molar-refractivity contribution is 0.0939. The summed E-state index contributed by atoms with van der Waals surface area (Å²) >= 11 is 5.83. The third-order valence-corrected chi connectivity index (χ3v) is 3.94. The van der Waals surface area contributed by atoms with E-state index in [0.717, 1.165) is 18.4 Å². The Morgan fingerprint density at radius 2 is 1.48 bits per heavy atom. The SMILES string of the molecule is O=C(NCc1ccc(Cl)cc1)c1ccc(C(=O)NC2CC2)cc1. The quantitative estimate of drug-likeness (QED) is 0.885. The van der Waals surface area contributed by atoms with Crippen LogP contribution in [0.4, 0.5) is 0 Å². The van der Waals surface area contributed by atoms with E-state index < -0.39 is 0 Å². The van der Waals surface area contributed by atoms with Gasteiger partial charge in [-0.1, -0.05) is 23.7 Å². The largest absolute Gasteiger partial charge is 0.349 e. The minimum atomic E-state index is -0.172. The van der Waals surface area contributed by atoms with Crippen molar-refractivity contribution < 1.29 is 9.59 Å². The zero-order chi connectivity index (χ0) is 16.2. The molecule has 4 nitrogen and oxygen atoms in total. The first kappa shape index (κ1) is 15.6. The fourth-order valence-corrected chi connectivity index (χ4v) is 2.28. The molecule has 0 atom stereocenters. The highest BCUT2D eigenvalue weighted by Gasteiger charge is 2.23. The van der Waals surface area contributed by atoms with Crippen LogP contribution in [0, 0.1) is 0 Å². The lowest BCUT2D eigenvalue weighted by Gasteiger charge is -2.07. The van der Waals surface area contributed by atoms with Crippen LogP contribution in [0.2, 0.25) is 5.02 Å². The Labute approximate surface area is 139 Å². The molecule has 1 saturated carbocycles. The van der Waals surface area contributed by atoms with E-state index in [1.165, 1.54) is 0 Å². The number of hydrogen-bond acceptors (Lipinski definition) is 2. The fourth-order valence-electron chi connectivity index (χ4n) is 2.16. The van der Waals surface area contributed by atoms with Gasteiger partial charge in [-0.3, -0.25) is 9.59 Å². The Morgan fingerprint density at radius 1 is 0.913 bits per heavy atom. The molecule has 1 fully saturated rings. The van der Waals surface area contributed by atoms with Crippen molar-refractivity contribution in [1.29, 1.82) is 0 Å². The van der Waals surface area contributed by atoms with Crippen molar-refractivity contribution >= 4 is 23.4 Å². The summed E-state index contributed by atoms with van der Waals surface area (Å²) in [6.07, 6.45) is 2.11. The summed E-state index contributed by atoms with van der Waals surface area (Å²) in [6.45, 7) is 0.430. The van der Waals surface area contributed by atoms with Crippen molar-refractivity contribution in [2.24, 2.45) is 0 Å².